The van der Waals surface area contributed by atoms with Crippen molar-refractivity contribution in [1.82, 2.24) is 4.98 Å². The second kappa shape index (κ2) is 3.23. The van der Waals surface area contributed by atoms with Crippen LogP contribution in [0.25, 0.3) is 0 Å². The van der Waals surface area contributed by atoms with Crippen LogP contribution in [0.4, 0.5) is 0 Å². The highest BCUT2D eigenvalue weighted by Gasteiger charge is 2.20. The number of nitrogens with zero attached hydrogens (tertiary/aromatic N) is 1. The molecule has 1 rings (SSSR count). The molecule has 0 saturated carbocycles. The molecule has 0 aliphatic carbocycles. The van der Waals surface area contributed by atoms with Crippen LogP contribution >= 0.6 is 0 Å². The first-order valence-electron chi connectivity index (χ1n) is 4.19. The minimum absolute atomic E-state index is 0.0400. The van der Waals surface area contributed by atoms with Gasteiger partial charge < -0.3 is 5.73 Å². The number of hydrogen-bond donors (Lipinski definition) is 1. The molecule has 0 bridgehead atoms. The number of hydrogen-bond acceptors (Lipinski definition) is 2. The van der Waals surface area contributed by atoms with Crippen molar-refractivity contribution in [3.8, 4) is 0 Å². The molecule has 0 fully saturated rings. The minimum Gasteiger partial charge on any atom is -0.330 e. The minimum atomic E-state index is 0.0400. The molecular weight excluding hydrogens is 148 g/mol. The van der Waals surface area contributed by atoms with Gasteiger partial charge in [-0.15, -0.1) is 0 Å². The molecule has 0 atom stereocenters. The predicted octanol–water partition coefficient (Wildman–Crippen LogP) is 1.63. The quantitative estimate of drug-likeness (QED) is 0.721. The first-order valence-corrected chi connectivity index (χ1v) is 4.19. The van der Waals surface area contributed by atoms with Crippen LogP contribution in [-0.4, -0.2) is 11.5 Å². The topological polar surface area (TPSA) is 38.9 Å². The van der Waals surface area contributed by atoms with Crippen LogP contribution in [0.2, 0.25) is 0 Å². The maximum Gasteiger partial charge on any atom is 0.0308 e. The van der Waals surface area contributed by atoms with E-state index in [1.807, 2.05) is 18.5 Å². The van der Waals surface area contributed by atoms with Gasteiger partial charge in [-0.3, -0.25) is 4.98 Å². The fraction of sp³-hybridized carbons (Fsp3) is 0.500. The summed E-state index contributed by atoms with van der Waals surface area (Å²) in [5.41, 5.74) is 8.23. The molecule has 0 spiro atoms. The van der Waals surface area contributed by atoms with Gasteiger partial charge in [0.2, 0.25) is 0 Å². The molecule has 0 unspecified atom stereocenters. The Balaban J connectivity index is 3.10. The van der Waals surface area contributed by atoms with E-state index in [1.54, 1.807) is 0 Å². The summed E-state index contributed by atoms with van der Waals surface area (Å²) in [4.78, 5) is 4.10. The predicted molar refractivity (Wildman–Crippen MR) is 51.1 cm³/mol. The Kier molecular flexibility index (Phi) is 2.48. The van der Waals surface area contributed by atoms with E-state index in [0.29, 0.717) is 6.54 Å². The lowest BCUT2D eigenvalue weighted by molar-refractivity contribution is 0.533. The van der Waals surface area contributed by atoms with E-state index in [4.69, 9.17) is 5.73 Å². The molecule has 2 N–H and O–H groups in total. The van der Waals surface area contributed by atoms with Crippen LogP contribution in [0.15, 0.2) is 18.5 Å². The zero-order valence-electron chi connectivity index (χ0n) is 7.96. The highest BCUT2D eigenvalue weighted by atomic mass is 14.6. The van der Waals surface area contributed by atoms with Gasteiger partial charge in [-0.1, -0.05) is 13.8 Å². The summed E-state index contributed by atoms with van der Waals surface area (Å²) in [5, 5.41) is 0. The highest BCUT2D eigenvalue weighted by molar-refractivity contribution is 5.29. The summed E-state index contributed by atoms with van der Waals surface area (Å²) >= 11 is 0. The van der Waals surface area contributed by atoms with E-state index in [9.17, 15) is 0 Å². The van der Waals surface area contributed by atoms with Crippen molar-refractivity contribution in [3.63, 3.8) is 0 Å². The number of aromatic nitrogens is 1. The van der Waals surface area contributed by atoms with Crippen molar-refractivity contribution in [2.75, 3.05) is 6.54 Å². The van der Waals surface area contributed by atoms with Gasteiger partial charge in [0, 0.05) is 24.4 Å². The van der Waals surface area contributed by atoms with Crippen molar-refractivity contribution in [2.24, 2.45) is 5.73 Å². The van der Waals surface area contributed by atoms with Gasteiger partial charge in [-0.25, -0.2) is 0 Å². The Labute approximate surface area is 73.8 Å². The Morgan fingerprint density at radius 2 is 2.17 bits per heavy atom. The van der Waals surface area contributed by atoms with Gasteiger partial charge in [-0.2, -0.15) is 0 Å². The standard InChI is InChI=1S/C10H16N2/c1-8-4-5-12-6-9(8)10(2,3)7-11/h4-6H,7,11H2,1-3H3. The fourth-order valence-electron chi connectivity index (χ4n) is 1.28. The third-order valence-electron chi connectivity index (χ3n) is 2.28. The van der Waals surface area contributed by atoms with Crippen molar-refractivity contribution < 1.29 is 0 Å². The van der Waals surface area contributed by atoms with Crippen molar-refractivity contribution >= 4 is 0 Å². The lowest BCUT2D eigenvalue weighted by Gasteiger charge is -2.24. The van der Waals surface area contributed by atoms with Gasteiger partial charge in [-0.05, 0) is 24.1 Å². The summed E-state index contributed by atoms with van der Waals surface area (Å²) < 4.78 is 0. The second-order valence-corrected chi connectivity index (χ2v) is 3.78. The lowest BCUT2D eigenvalue weighted by atomic mass is 9.83. The van der Waals surface area contributed by atoms with Crippen molar-refractivity contribution in [3.05, 3.63) is 29.6 Å². The smallest absolute Gasteiger partial charge is 0.0308 e. The molecule has 0 amide bonds. The molecule has 2 heteroatoms. The van der Waals surface area contributed by atoms with E-state index in [2.05, 4.69) is 25.8 Å². The largest absolute Gasteiger partial charge is 0.330 e. The molecule has 0 aromatic carbocycles. The van der Waals surface area contributed by atoms with Gasteiger partial charge >= 0.3 is 0 Å². The zero-order valence-corrected chi connectivity index (χ0v) is 7.96. The Bertz CT molecular complexity index is 266. The average molecular weight is 164 g/mol. The summed E-state index contributed by atoms with van der Waals surface area (Å²) in [6.07, 6.45) is 3.72. The molecule has 1 aromatic rings. The first-order chi connectivity index (χ1) is 5.58. The number of nitrogens with two attached hydrogens (primary N) is 1. The third kappa shape index (κ3) is 1.64. The fourth-order valence-corrected chi connectivity index (χ4v) is 1.28. The first kappa shape index (κ1) is 9.20. The van der Waals surface area contributed by atoms with Crippen LogP contribution in [-0.2, 0) is 5.41 Å². The second-order valence-electron chi connectivity index (χ2n) is 3.78. The molecular formula is C10H16N2. The van der Waals surface area contributed by atoms with Gasteiger partial charge in [0.15, 0.2) is 0 Å². The normalized spacial score (nSPS) is 11.7. The van der Waals surface area contributed by atoms with Gasteiger partial charge in [0.25, 0.3) is 0 Å². The molecule has 0 radical (unpaired) electrons. The van der Waals surface area contributed by atoms with E-state index >= 15 is 0 Å². The van der Waals surface area contributed by atoms with E-state index in [1.165, 1.54) is 11.1 Å². The Morgan fingerprint density at radius 1 is 1.50 bits per heavy atom. The van der Waals surface area contributed by atoms with Crippen LogP contribution in [0.5, 0.6) is 0 Å². The molecule has 12 heavy (non-hydrogen) atoms. The molecule has 1 aromatic heterocycles. The third-order valence-corrected chi connectivity index (χ3v) is 2.28. The number of rotatable bonds is 2. The van der Waals surface area contributed by atoms with Gasteiger partial charge in [0.1, 0.15) is 0 Å². The monoisotopic (exact) mass is 164 g/mol. The van der Waals surface area contributed by atoms with E-state index < -0.39 is 0 Å². The lowest BCUT2D eigenvalue weighted by Crippen LogP contribution is -2.29. The summed E-state index contributed by atoms with van der Waals surface area (Å²) in [6.45, 7) is 7.02. The SMILES string of the molecule is Cc1ccncc1C(C)(C)CN. The summed E-state index contributed by atoms with van der Waals surface area (Å²) in [5.74, 6) is 0. The average Bonchev–Trinajstić information content (AvgIpc) is 2.05. The molecule has 2 nitrogen and oxygen atoms in total. The maximum absolute atomic E-state index is 5.68. The van der Waals surface area contributed by atoms with Gasteiger partial charge in [0.05, 0.1) is 0 Å². The highest BCUT2D eigenvalue weighted by Crippen LogP contribution is 2.23. The van der Waals surface area contributed by atoms with Crippen molar-refractivity contribution in [2.45, 2.75) is 26.2 Å². The summed E-state index contributed by atoms with van der Waals surface area (Å²) in [6, 6.07) is 2.02. The molecule has 1 heterocycles. The van der Waals surface area contributed by atoms with Crippen LogP contribution in [0.1, 0.15) is 25.0 Å². The number of aryl methyl sites for hydroxylation is 1. The Hall–Kier alpha value is -0.890. The van der Waals surface area contributed by atoms with Crippen LogP contribution in [0, 0.1) is 6.92 Å². The molecule has 0 aliphatic rings. The van der Waals surface area contributed by atoms with E-state index in [0.717, 1.165) is 0 Å². The summed E-state index contributed by atoms with van der Waals surface area (Å²) in [7, 11) is 0. The maximum atomic E-state index is 5.68. The number of pyridine rings is 1. The molecule has 66 valence electrons. The van der Waals surface area contributed by atoms with Crippen LogP contribution < -0.4 is 5.73 Å². The van der Waals surface area contributed by atoms with E-state index in [-0.39, 0.29) is 5.41 Å². The molecule has 0 saturated heterocycles. The van der Waals surface area contributed by atoms with Crippen molar-refractivity contribution in [1.29, 1.82) is 0 Å². The zero-order chi connectivity index (χ0) is 9.19. The Morgan fingerprint density at radius 3 is 2.67 bits per heavy atom. The van der Waals surface area contributed by atoms with Crippen LogP contribution in [0.3, 0.4) is 0 Å². The molecule has 0 aliphatic heterocycles.